The lowest BCUT2D eigenvalue weighted by atomic mass is 9.96. The third kappa shape index (κ3) is 2.85. The van der Waals surface area contributed by atoms with Crippen LogP contribution < -0.4 is 0 Å². The predicted molar refractivity (Wildman–Crippen MR) is 66.2 cm³/mol. The van der Waals surface area contributed by atoms with Crippen LogP contribution in [0.4, 0.5) is 13.2 Å². The van der Waals surface area contributed by atoms with Gasteiger partial charge in [0.1, 0.15) is 6.04 Å². The Balaban J connectivity index is 2.43. The van der Waals surface area contributed by atoms with E-state index in [1.807, 2.05) is 6.07 Å². The number of carbonyl (C=O) groups is 1. The van der Waals surface area contributed by atoms with E-state index in [9.17, 15) is 23.1 Å². The van der Waals surface area contributed by atoms with Gasteiger partial charge in [0.05, 0.1) is 18.7 Å². The summed E-state index contributed by atoms with van der Waals surface area (Å²) >= 11 is 0. The Morgan fingerprint density at radius 2 is 2.00 bits per heavy atom. The average Bonchev–Trinajstić information content (AvgIpc) is 2.46. The molecule has 1 saturated heterocycles. The molecule has 7 heteroatoms. The number of piperidine rings is 1. The summed E-state index contributed by atoms with van der Waals surface area (Å²) in [5.41, 5.74) is -0.0793. The highest BCUT2D eigenvalue weighted by molar-refractivity contribution is 5.78. The second-order valence-electron chi connectivity index (χ2n) is 4.84. The summed E-state index contributed by atoms with van der Waals surface area (Å²) in [6, 6.07) is 1.55. The van der Waals surface area contributed by atoms with Crippen molar-refractivity contribution in [2.24, 2.45) is 0 Å². The molecule has 1 aromatic carbocycles. The monoisotopic (exact) mass is 298 g/mol. The minimum atomic E-state index is -1.61. The fraction of sp³-hybridized carbons (Fsp3) is 0.429. The van der Waals surface area contributed by atoms with Crippen LogP contribution in [0.1, 0.15) is 30.9 Å². The molecule has 1 aliphatic heterocycles. The molecule has 1 fully saturated rings. The number of aliphatic hydroxyl groups excluding tert-OH is 1. The van der Waals surface area contributed by atoms with E-state index in [0.29, 0.717) is 12.8 Å². The van der Waals surface area contributed by atoms with Crippen LogP contribution in [0.2, 0.25) is 0 Å². The van der Waals surface area contributed by atoms with Gasteiger partial charge < -0.3 is 10.0 Å². The van der Waals surface area contributed by atoms with Gasteiger partial charge in [-0.2, -0.15) is 5.26 Å². The van der Waals surface area contributed by atoms with Gasteiger partial charge in [0.15, 0.2) is 17.5 Å². The molecular weight excluding hydrogens is 285 g/mol. The first-order valence-electron chi connectivity index (χ1n) is 6.45. The van der Waals surface area contributed by atoms with Gasteiger partial charge >= 0.3 is 0 Å². The topological polar surface area (TPSA) is 64.3 Å². The van der Waals surface area contributed by atoms with Gasteiger partial charge in [-0.05, 0) is 30.5 Å². The molecular formula is C14H13F3N2O2. The van der Waals surface area contributed by atoms with Crippen molar-refractivity contribution >= 4 is 5.91 Å². The van der Waals surface area contributed by atoms with Crippen LogP contribution in [0.15, 0.2) is 12.1 Å². The first-order valence-corrected chi connectivity index (χ1v) is 6.45. The van der Waals surface area contributed by atoms with Crippen molar-refractivity contribution in [1.29, 1.82) is 5.26 Å². The van der Waals surface area contributed by atoms with Crippen LogP contribution in [0.3, 0.4) is 0 Å². The number of halogens is 3. The lowest BCUT2D eigenvalue weighted by Gasteiger charge is -2.37. The number of benzene rings is 1. The summed E-state index contributed by atoms with van der Waals surface area (Å²) in [5, 5.41) is 18.6. The molecule has 1 heterocycles. The Morgan fingerprint density at radius 1 is 1.38 bits per heavy atom. The third-order valence-corrected chi connectivity index (χ3v) is 3.54. The number of hydrogen-bond donors (Lipinski definition) is 1. The van der Waals surface area contributed by atoms with Crippen molar-refractivity contribution in [1.82, 2.24) is 4.90 Å². The zero-order valence-corrected chi connectivity index (χ0v) is 11.0. The van der Waals surface area contributed by atoms with Crippen molar-refractivity contribution in [3.8, 4) is 6.07 Å². The van der Waals surface area contributed by atoms with Crippen molar-refractivity contribution in [2.75, 3.05) is 6.61 Å². The number of likely N-dealkylation sites (tertiary alicyclic amines) is 1. The van der Waals surface area contributed by atoms with Gasteiger partial charge in [-0.3, -0.25) is 4.79 Å². The van der Waals surface area contributed by atoms with Crippen molar-refractivity contribution in [3.63, 3.8) is 0 Å². The number of rotatable bonds is 3. The largest absolute Gasteiger partial charge is 0.394 e. The fourth-order valence-electron chi connectivity index (χ4n) is 2.53. The Kier molecular flexibility index (Phi) is 4.48. The summed E-state index contributed by atoms with van der Waals surface area (Å²) in [6.07, 6.45) is 1.16. The summed E-state index contributed by atoms with van der Waals surface area (Å²) in [4.78, 5) is 13.1. The predicted octanol–water partition coefficient (Wildman–Crippen LogP) is 2.04. The highest BCUT2D eigenvalue weighted by Crippen LogP contribution is 2.30. The Morgan fingerprint density at radius 3 is 2.52 bits per heavy atom. The molecule has 0 saturated carbocycles. The molecule has 2 rings (SSSR count). The third-order valence-electron chi connectivity index (χ3n) is 3.54. The maximum Gasteiger partial charge on any atom is 0.224 e. The summed E-state index contributed by atoms with van der Waals surface area (Å²) in [5.74, 6) is -4.79. The molecule has 0 spiro atoms. The molecule has 1 aliphatic rings. The standard InChI is InChI=1S/C14H13F3N2O2/c15-10-4-8(5-11(16)14(10)17)12(7-20)19-9(6-18)2-1-3-13(19)21/h4-5,9,12,20H,1-3,7H2. The zero-order valence-electron chi connectivity index (χ0n) is 11.0. The van der Waals surface area contributed by atoms with Gasteiger partial charge in [0, 0.05) is 6.42 Å². The van der Waals surface area contributed by atoms with E-state index in [0.717, 1.165) is 17.0 Å². The van der Waals surface area contributed by atoms with E-state index in [1.54, 1.807) is 0 Å². The Labute approximate surface area is 119 Å². The lowest BCUT2D eigenvalue weighted by Crippen LogP contribution is -2.46. The number of nitriles is 1. The summed E-state index contributed by atoms with van der Waals surface area (Å²) in [6.45, 7) is -0.617. The SMILES string of the molecule is N#CC1CCCC(=O)N1C(CO)c1cc(F)c(F)c(F)c1. The van der Waals surface area contributed by atoms with E-state index in [1.165, 1.54) is 0 Å². The smallest absolute Gasteiger partial charge is 0.224 e. The van der Waals surface area contributed by atoms with Crippen LogP contribution in [0.25, 0.3) is 0 Å². The number of carbonyl (C=O) groups excluding carboxylic acids is 1. The van der Waals surface area contributed by atoms with E-state index in [4.69, 9.17) is 5.26 Å². The number of aliphatic hydroxyl groups is 1. The molecule has 21 heavy (non-hydrogen) atoms. The maximum atomic E-state index is 13.3. The van der Waals surface area contributed by atoms with Crippen molar-refractivity contribution < 1.29 is 23.1 Å². The molecule has 1 amide bonds. The summed E-state index contributed by atoms with van der Waals surface area (Å²) < 4.78 is 39.6. The van der Waals surface area contributed by atoms with Gasteiger partial charge in [0.2, 0.25) is 5.91 Å². The molecule has 2 atom stereocenters. The van der Waals surface area contributed by atoms with Crippen LogP contribution in [-0.2, 0) is 4.79 Å². The lowest BCUT2D eigenvalue weighted by molar-refractivity contribution is -0.139. The average molecular weight is 298 g/mol. The maximum absolute atomic E-state index is 13.3. The number of hydrogen-bond acceptors (Lipinski definition) is 3. The molecule has 0 aromatic heterocycles. The molecule has 1 N–H and O–H groups in total. The number of nitrogens with zero attached hydrogens (tertiary/aromatic N) is 2. The van der Waals surface area contributed by atoms with E-state index in [-0.39, 0.29) is 17.9 Å². The molecule has 1 aromatic rings. The molecule has 0 radical (unpaired) electrons. The minimum Gasteiger partial charge on any atom is -0.394 e. The van der Waals surface area contributed by atoms with Crippen LogP contribution >= 0.6 is 0 Å². The minimum absolute atomic E-state index is 0.0793. The molecule has 0 aliphatic carbocycles. The van der Waals surface area contributed by atoms with Crippen molar-refractivity contribution in [3.05, 3.63) is 35.1 Å². The van der Waals surface area contributed by atoms with Crippen molar-refractivity contribution in [2.45, 2.75) is 31.3 Å². The molecule has 4 nitrogen and oxygen atoms in total. The fourth-order valence-corrected chi connectivity index (χ4v) is 2.53. The number of amides is 1. The Hall–Kier alpha value is -2.07. The van der Waals surface area contributed by atoms with E-state index >= 15 is 0 Å². The van der Waals surface area contributed by atoms with Gasteiger partial charge in [-0.1, -0.05) is 0 Å². The van der Waals surface area contributed by atoms with Crippen LogP contribution in [0.5, 0.6) is 0 Å². The van der Waals surface area contributed by atoms with E-state index < -0.39 is 36.1 Å². The summed E-state index contributed by atoms with van der Waals surface area (Å²) in [7, 11) is 0. The molecule has 0 bridgehead atoms. The quantitative estimate of drug-likeness (QED) is 0.869. The highest BCUT2D eigenvalue weighted by Gasteiger charge is 2.35. The normalized spacial score (nSPS) is 20.2. The molecule has 2 unspecified atom stereocenters. The Bertz CT molecular complexity index is 577. The highest BCUT2D eigenvalue weighted by atomic mass is 19.2. The van der Waals surface area contributed by atoms with Gasteiger partial charge in [-0.15, -0.1) is 0 Å². The van der Waals surface area contributed by atoms with Crippen LogP contribution in [0, 0.1) is 28.8 Å². The van der Waals surface area contributed by atoms with Crippen LogP contribution in [-0.4, -0.2) is 28.6 Å². The van der Waals surface area contributed by atoms with E-state index in [2.05, 4.69) is 0 Å². The zero-order chi connectivity index (χ0) is 15.6. The van der Waals surface area contributed by atoms with Gasteiger partial charge in [0.25, 0.3) is 0 Å². The molecule has 112 valence electrons. The second-order valence-corrected chi connectivity index (χ2v) is 4.84. The first kappa shape index (κ1) is 15.3. The first-order chi connectivity index (χ1) is 9.99. The second kappa shape index (κ2) is 6.14. The van der Waals surface area contributed by atoms with Gasteiger partial charge in [-0.25, -0.2) is 13.2 Å².